The normalized spacial score (nSPS) is 13.7. The van der Waals surface area contributed by atoms with Crippen molar-refractivity contribution in [3.05, 3.63) is 77.5 Å². The second-order valence-electron chi connectivity index (χ2n) is 9.02. The Morgan fingerprint density at radius 2 is 1.74 bits per heavy atom. The smallest absolute Gasteiger partial charge is 0.251 e. The Labute approximate surface area is 199 Å². The van der Waals surface area contributed by atoms with E-state index in [2.05, 4.69) is 21.6 Å². The summed E-state index contributed by atoms with van der Waals surface area (Å²) in [5.41, 5.74) is 6.09. The van der Waals surface area contributed by atoms with Crippen molar-refractivity contribution in [2.45, 2.75) is 37.6 Å². The van der Waals surface area contributed by atoms with Gasteiger partial charge in [-0.25, -0.2) is 8.42 Å². The third-order valence-electron chi connectivity index (χ3n) is 6.27. The number of aryl methyl sites for hydroxylation is 2. The summed E-state index contributed by atoms with van der Waals surface area (Å²) in [6, 6.07) is 17.2. The number of benzene rings is 3. The number of amides is 1. The standard InChI is InChI=1S/C27H25N3O3S/c1-16-4-5-19(27(31)29-21-7-8-21)14-25(16)18-6-10-24-20(13-18)15-28-30-26(24)23-11-9-22(12-17(23)2)34(3,32)33/h4-6,9-15,21H,7-8H2,1-3H3,(H,29,31). The molecule has 3 aromatic carbocycles. The summed E-state index contributed by atoms with van der Waals surface area (Å²) in [6.07, 6.45) is 5.03. The number of fused-ring (bicyclic) bond motifs is 1. The maximum Gasteiger partial charge on any atom is 0.251 e. The highest BCUT2D eigenvalue weighted by atomic mass is 32.2. The second-order valence-corrected chi connectivity index (χ2v) is 11.0. The number of nitrogens with one attached hydrogen (secondary N) is 1. The van der Waals surface area contributed by atoms with Crippen molar-refractivity contribution >= 4 is 26.5 Å². The molecule has 1 saturated carbocycles. The molecule has 1 aliphatic rings. The second kappa shape index (κ2) is 8.33. The van der Waals surface area contributed by atoms with Crippen molar-refractivity contribution in [3.8, 4) is 22.4 Å². The van der Waals surface area contributed by atoms with Gasteiger partial charge in [0.25, 0.3) is 5.91 Å². The molecule has 0 radical (unpaired) electrons. The van der Waals surface area contributed by atoms with E-state index in [1.54, 1.807) is 24.4 Å². The molecule has 1 aromatic heterocycles. The van der Waals surface area contributed by atoms with Crippen LogP contribution in [-0.4, -0.2) is 36.8 Å². The number of nitrogens with zero attached hydrogens (tertiary/aromatic N) is 2. The number of carbonyl (C=O) groups excluding carboxylic acids is 1. The third kappa shape index (κ3) is 4.31. The first-order chi connectivity index (χ1) is 16.2. The molecule has 1 N–H and O–H groups in total. The highest BCUT2D eigenvalue weighted by Gasteiger charge is 2.24. The van der Waals surface area contributed by atoms with E-state index in [1.165, 1.54) is 6.26 Å². The van der Waals surface area contributed by atoms with Crippen LogP contribution in [0.2, 0.25) is 0 Å². The van der Waals surface area contributed by atoms with E-state index in [0.717, 1.165) is 51.4 Å². The molecule has 0 bridgehead atoms. The van der Waals surface area contributed by atoms with Gasteiger partial charge in [0.15, 0.2) is 9.84 Å². The van der Waals surface area contributed by atoms with E-state index in [9.17, 15) is 13.2 Å². The fraction of sp³-hybridized carbons (Fsp3) is 0.222. The Hall–Kier alpha value is -3.58. The van der Waals surface area contributed by atoms with Gasteiger partial charge >= 0.3 is 0 Å². The van der Waals surface area contributed by atoms with Crippen LogP contribution in [0, 0.1) is 13.8 Å². The van der Waals surface area contributed by atoms with Crippen molar-refractivity contribution < 1.29 is 13.2 Å². The zero-order valence-corrected chi connectivity index (χ0v) is 20.1. The first kappa shape index (κ1) is 22.2. The Morgan fingerprint density at radius 3 is 2.44 bits per heavy atom. The van der Waals surface area contributed by atoms with E-state index in [-0.39, 0.29) is 10.8 Å². The first-order valence-electron chi connectivity index (χ1n) is 11.2. The van der Waals surface area contributed by atoms with Crippen LogP contribution in [0.4, 0.5) is 0 Å². The van der Waals surface area contributed by atoms with Crippen LogP contribution in [0.1, 0.15) is 34.3 Å². The summed E-state index contributed by atoms with van der Waals surface area (Å²) in [5.74, 6) is -0.0364. The van der Waals surface area contributed by atoms with Crippen LogP contribution in [0.15, 0.2) is 65.7 Å². The maximum absolute atomic E-state index is 12.6. The van der Waals surface area contributed by atoms with Gasteiger partial charge in [-0.2, -0.15) is 5.10 Å². The van der Waals surface area contributed by atoms with E-state index >= 15 is 0 Å². The molecule has 5 rings (SSSR count). The molecule has 172 valence electrons. The minimum Gasteiger partial charge on any atom is -0.349 e. The van der Waals surface area contributed by atoms with Crippen LogP contribution in [0.3, 0.4) is 0 Å². The summed E-state index contributed by atoms with van der Waals surface area (Å²) in [6.45, 7) is 3.91. The molecule has 0 saturated heterocycles. The van der Waals surface area contributed by atoms with E-state index in [4.69, 9.17) is 0 Å². The van der Waals surface area contributed by atoms with E-state index in [1.807, 2.05) is 44.2 Å². The van der Waals surface area contributed by atoms with E-state index in [0.29, 0.717) is 17.3 Å². The number of sulfone groups is 1. The number of aromatic nitrogens is 2. The first-order valence-corrected chi connectivity index (χ1v) is 13.1. The lowest BCUT2D eigenvalue weighted by Gasteiger charge is -2.12. The van der Waals surface area contributed by atoms with Crippen LogP contribution >= 0.6 is 0 Å². The summed E-state index contributed by atoms with van der Waals surface area (Å²) >= 11 is 0. The van der Waals surface area contributed by atoms with Crippen LogP contribution in [-0.2, 0) is 9.84 Å². The van der Waals surface area contributed by atoms with Gasteiger partial charge in [-0.05, 0) is 79.3 Å². The average molecular weight is 472 g/mol. The van der Waals surface area contributed by atoms with Gasteiger partial charge in [0.05, 0.1) is 11.1 Å². The van der Waals surface area contributed by atoms with Crippen molar-refractivity contribution in [1.82, 2.24) is 15.5 Å². The molecule has 4 aromatic rings. The lowest BCUT2D eigenvalue weighted by atomic mass is 9.94. The van der Waals surface area contributed by atoms with Crippen LogP contribution < -0.4 is 5.32 Å². The largest absolute Gasteiger partial charge is 0.349 e. The lowest BCUT2D eigenvalue weighted by Crippen LogP contribution is -2.25. The summed E-state index contributed by atoms with van der Waals surface area (Å²) in [7, 11) is -3.28. The zero-order chi connectivity index (χ0) is 24.0. The molecule has 0 atom stereocenters. The minimum atomic E-state index is -3.28. The summed E-state index contributed by atoms with van der Waals surface area (Å²) in [5, 5.41) is 13.5. The quantitative estimate of drug-likeness (QED) is 0.448. The van der Waals surface area contributed by atoms with Gasteiger partial charge in [-0.3, -0.25) is 4.79 Å². The van der Waals surface area contributed by atoms with Gasteiger partial charge in [0.1, 0.15) is 5.69 Å². The number of hydrogen-bond acceptors (Lipinski definition) is 5. The van der Waals surface area contributed by atoms with Gasteiger partial charge in [-0.1, -0.05) is 24.3 Å². The van der Waals surface area contributed by atoms with Crippen molar-refractivity contribution in [1.29, 1.82) is 0 Å². The van der Waals surface area contributed by atoms with Crippen molar-refractivity contribution in [2.75, 3.05) is 6.26 Å². The monoisotopic (exact) mass is 471 g/mol. The van der Waals surface area contributed by atoms with E-state index < -0.39 is 9.84 Å². The number of carbonyl (C=O) groups is 1. The topological polar surface area (TPSA) is 89.0 Å². The molecule has 1 fully saturated rings. The molecule has 34 heavy (non-hydrogen) atoms. The highest BCUT2D eigenvalue weighted by molar-refractivity contribution is 7.90. The van der Waals surface area contributed by atoms with Gasteiger partial charge in [0.2, 0.25) is 0 Å². The predicted octanol–water partition coefficient (Wildman–Crippen LogP) is 4.88. The third-order valence-corrected chi connectivity index (χ3v) is 7.38. The van der Waals surface area contributed by atoms with Crippen LogP contribution in [0.25, 0.3) is 33.2 Å². The van der Waals surface area contributed by atoms with Gasteiger partial charge < -0.3 is 5.32 Å². The fourth-order valence-electron chi connectivity index (χ4n) is 4.16. The SMILES string of the molecule is Cc1ccc(C(=O)NC2CC2)cc1-c1ccc2c(-c3ccc(S(C)(=O)=O)cc3C)nncc2c1. The molecular weight excluding hydrogens is 446 g/mol. The Bertz CT molecular complexity index is 1560. The molecule has 7 heteroatoms. The lowest BCUT2D eigenvalue weighted by molar-refractivity contribution is 0.0951. The molecule has 0 spiro atoms. The molecule has 0 aliphatic heterocycles. The number of rotatable bonds is 5. The van der Waals surface area contributed by atoms with Crippen molar-refractivity contribution in [2.24, 2.45) is 0 Å². The van der Waals surface area contributed by atoms with Crippen LogP contribution in [0.5, 0.6) is 0 Å². The minimum absolute atomic E-state index is 0.0364. The maximum atomic E-state index is 12.6. The predicted molar refractivity (Wildman–Crippen MR) is 133 cm³/mol. The van der Waals surface area contributed by atoms with Crippen molar-refractivity contribution in [3.63, 3.8) is 0 Å². The van der Waals surface area contributed by atoms with Gasteiger partial charge in [-0.15, -0.1) is 5.10 Å². The summed E-state index contributed by atoms with van der Waals surface area (Å²) < 4.78 is 23.8. The Morgan fingerprint density at radius 1 is 0.941 bits per heavy atom. The summed E-state index contributed by atoms with van der Waals surface area (Å²) in [4.78, 5) is 12.8. The number of hydrogen-bond donors (Lipinski definition) is 1. The molecule has 0 unspecified atom stereocenters. The molecule has 1 aliphatic carbocycles. The molecule has 6 nitrogen and oxygen atoms in total. The molecule has 1 amide bonds. The highest BCUT2D eigenvalue weighted by Crippen LogP contribution is 2.33. The molecule has 1 heterocycles. The fourth-order valence-corrected chi connectivity index (χ4v) is 4.86. The Kier molecular flexibility index (Phi) is 5.44. The average Bonchev–Trinajstić information content (AvgIpc) is 3.62. The Balaban J connectivity index is 1.56. The zero-order valence-electron chi connectivity index (χ0n) is 19.3. The van der Waals surface area contributed by atoms with Gasteiger partial charge in [0, 0.05) is 34.2 Å². The molecular formula is C27H25N3O3S.